The van der Waals surface area contributed by atoms with E-state index < -0.39 is 15.8 Å². The van der Waals surface area contributed by atoms with Crippen LogP contribution in [0.4, 0.5) is 0 Å². The van der Waals surface area contributed by atoms with Crippen molar-refractivity contribution < 1.29 is 22.6 Å². The van der Waals surface area contributed by atoms with Crippen LogP contribution in [0.5, 0.6) is 0 Å². The fourth-order valence-corrected chi connectivity index (χ4v) is 3.33. The molecule has 21 heavy (non-hydrogen) atoms. The Morgan fingerprint density at radius 1 is 0.905 bits per heavy atom. The van der Waals surface area contributed by atoms with Gasteiger partial charge in [0.25, 0.3) is 5.97 Å². The molecule has 0 amide bonds. The summed E-state index contributed by atoms with van der Waals surface area (Å²) < 4.78 is 41.2. The standard InChI is InChI=1S/C15H24O5S/c1-4-18-15(19-5-2,20-6-3)12-13-21(16,17)14-10-8-7-9-11-14/h7-11H,4-6,12-13H2,1-3H3. The zero-order chi connectivity index (χ0) is 15.8. The Morgan fingerprint density at radius 3 is 1.81 bits per heavy atom. The summed E-state index contributed by atoms with van der Waals surface area (Å²) >= 11 is 0. The van der Waals surface area contributed by atoms with Crippen LogP contribution in [0.1, 0.15) is 27.2 Å². The average molecular weight is 316 g/mol. The third-order valence-electron chi connectivity index (χ3n) is 2.87. The van der Waals surface area contributed by atoms with Crippen molar-refractivity contribution >= 4 is 9.84 Å². The van der Waals surface area contributed by atoms with E-state index in [4.69, 9.17) is 14.2 Å². The van der Waals surface area contributed by atoms with Crippen LogP contribution in [0.2, 0.25) is 0 Å². The summed E-state index contributed by atoms with van der Waals surface area (Å²) in [6.45, 7) is 6.59. The third-order valence-corrected chi connectivity index (χ3v) is 4.60. The van der Waals surface area contributed by atoms with Gasteiger partial charge in [0.2, 0.25) is 0 Å². The Balaban J connectivity index is 2.84. The fraction of sp³-hybridized carbons (Fsp3) is 0.600. The topological polar surface area (TPSA) is 61.8 Å². The minimum absolute atomic E-state index is 0.100. The Hall–Kier alpha value is -0.950. The Morgan fingerprint density at radius 2 is 1.38 bits per heavy atom. The van der Waals surface area contributed by atoms with E-state index in [1.54, 1.807) is 30.3 Å². The van der Waals surface area contributed by atoms with Crippen molar-refractivity contribution in [2.75, 3.05) is 25.6 Å². The zero-order valence-corrected chi connectivity index (χ0v) is 13.7. The highest BCUT2D eigenvalue weighted by atomic mass is 32.2. The monoisotopic (exact) mass is 316 g/mol. The fourth-order valence-electron chi connectivity index (χ4n) is 2.01. The molecule has 1 aromatic rings. The van der Waals surface area contributed by atoms with Gasteiger partial charge in [-0.2, -0.15) is 0 Å². The van der Waals surface area contributed by atoms with Crippen molar-refractivity contribution in [3.8, 4) is 0 Å². The van der Waals surface area contributed by atoms with Gasteiger partial charge in [-0.1, -0.05) is 18.2 Å². The minimum atomic E-state index is -3.39. The van der Waals surface area contributed by atoms with Gasteiger partial charge in [-0.15, -0.1) is 0 Å². The normalized spacial score (nSPS) is 12.5. The van der Waals surface area contributed by atoms with E-state index in [1.165, 1.54) is 0 Å². The molecule has 5 nitrogen and oxygen atoms in total. The highest BCUT2D eigenvalue weighted by Gasteiger charge is 2.34. The summed E-state index contributed by atoms with van der Waals surface area (Å²) in [7, 11) is -3.39. The highest BCUT2D eigenvalue weighted by Crippen LogP contribution is 2.23. The second-order valence-corrected chi connectivity index (χ2v) is 6.47. The number of benzene rings is 1. The van der Waals surface area contributed by atoms with Crippen LogP contribution >= 0.6 is 0 Å². The molecule has 0 fully saturated rings. The SMILES string of the molecule is CCOC(CCS(=O)(=O)c1ccccc1)(OCC)OCC. The van der Waals surface area contributed by atoms with Gasteiger partial charge in [-0.25, -0.2) is 8.42 Å². The van der Waals surface area contributed by atoms with Crippen molar-refractivity contribution in [1.82, 2.24) is 0 Å². The highest BCUT2D eigenvalue weighted by molar-refractivity contribution is 7.91. The van der Waals surface area contributed by atoms with E-state index >= 15 is 0 Å². The molecule has 0 aromatic heterocycles. The first kappa shape index (κ1) is 18.1. The molecular formula is C15H24O5S. The number of sulfone groups is 1. The summed E-state index contributed by atoms with van der Waals surface area (Å²) in [6.07, 6.45) is 0.125. The van der Waals surface area contributed by atoms with Gasteiger partial charge >= 0.3 is 0 Å². The molecular weight excluding hydrogens is 292 g/mol. The maximum Gasteiger partial charge on any atom is 0.283 e. The van der Waals surface area contributed by atoms with Gasteiger partial charge in [0, 0.05) is 26.2 Å². The first-order chi connectivity index (χ1) is 9.99. The molecule has 0 aliphatic carbocycles. The van der Waals surface area contributed by atoms with Gasteiger partial charge in [-0.05, 0) is 32.9 Å². The zero-order valence-electron chi connectivity index (χ0n) is 12.9. The number of hydrogen-bond acceptors (Lipinski definition) is 5. The molecule has 0 saturated carbocycles. The molecule has 1 aromatic carbocycles. The first-order valence-corrected chi connectivity index (χ1v) is 8.84. The van der Waals surface area contributed by atoms with Crippen LogP contribution in [0, 0.1) is 0 Å². The summed E-state index contributed by atoms with van der Waals surface area (Å²) in [6, 6.07) is 8.35. The molecule has 0 unspecified atom stereocenters. The van der Waals surface area contributed by atoms with Gasteiger partial charge < -0.3 is 14.2 Å². The van der Waals surface area contributed by atoms with Gasteiger partial charge in [-0.3, -0.25) is 0 Å². The maximum absolute atomic E-state index is 12.3. The van der Waals surface area contributed by atoms with Crippen molar-refractivity contribution in [3.05, 3.63) is 30.3 Å². The Kier molecular flexibility index (Phi) is 7.31. The minimum Gasteiger partial charge on any atom is -0.328 e. The molecule has 1 rings (SSSR count). The Bertz CT molecular complexity index is 481. The van der Waals surface area contributed by atoms with Crippen molar-refractivity contribution in [3.63, 3.8) is 0 Å². The van der Waals surface area contributed by atoms with Crippen LogP contribution in [0.15, 0.2) is 35.2 Å². The smallest absolute Gasteiger partial charge is 0.283 e. The molecule has 0 saturated heterocycles. The average Bonchev–Trinajstić information content (AvgIpc) is 2.47. The van der Waals surface area contributed by atoms with E-state index in [-0.39, 0.29) is 12.2 Å². The van der Waals surface area contributed by atoms with Gasteiger partial charge in [0.15, 0.2) is 9.84 Å². The van der Waals surface area contributed by atoms with E-state index in [0.717, 1.165) is 0 Å². The molecule has 120 valence electrons. The number of ether oxygens (including phenoxy) is 3. The molecule has 0 spiro atoms. The van der Waals surface area contributed by atoms with Crippen LogP contribution in [-0.4, -0.2) is 40.0 Å². The van der Waals surface area contributed by atoms with Crippen LogP contribution in [0.25, 0.3) is 0 Å². The van der Waals surface area contributed by atoms with Crippen molar-refractivity contribution in [2.24, 2.45) is 0 Å². The molecule has 0 atom stereocenters. The number of rotatable bonds is 10. The summed E-state index contributed by atoms with van der Waals surface area (Å²) in [5.41, 5.74) is 0. The van der Waals surface area contributed by atoms with E-state index in [2.05, 4.69) is 0 Å². The molecule has 0 heterocycles. The first-order valence-electron chi connectivity index (χ1n) is 7.19. The largest absolute Gasteiger partial charge is 0.328 e. The summed E-state index contributed by atoms with van der Waals surface area (Å²) in [5, 5.41) is 0. The van der Waals surface area contributed by atoms with E-state index in [1.807, 2.05) is 20.8 Å². The predicted octanol–water partition coefficient (Wildman–Crippen LogP) is 2.61. The Labute approximate surface area is 127 Å². The summed E-state index contributed by atoms with van der Waals surface area (Å²) in [5.74, 6) is -1.39. The lowest BCUT2D eigenvalue weighted by Crippen LogP contribution is -2.41. The maximum atomic E-state index is 12.3. The summed E-state index contributed by atoms with van der Waals surface area (Å²) in [4.78, 5) is 0.295. The second kappa shape index (κ2) is 8.48. The quantitative estimate of drug-likeness (QED) is 0.621. The van der Waals surface area contributed by atoms with Crippen LogP contribution < -0.4 is 0 Å². The molecule has 6 heteroatoms. The van der Waals surface area contributed by atoms with E-state index in [0.29, 0.717) is 24.7 Å². The predicted molar refractivity (Wildman–Crippen MR) is 80.7 cm³/mol. The van der Waals surface area contributed by atoms with E-state index in [9.17, 15) is 8.42 Å². The lowest BCUT2D eigenvalue weighted by molar-refractivity contribution is -0.377. The van der Waals surface area contributed by atoms with Gasteiger partial charge in [0.1, 0.15) is 0 Å². The number of hydrogen-bond donors (Lipinski definition) is 0. The van der Waals surface area contributed by atoms with Crippen molar-refractivity contribution in [2.45, 2.75) is 38.1 Å². The molecule has 0 aliphatic rings. The molecule has 0 N–H and O–H groups in total. The van der Waals surface area contributed by atoms with Gasteiger partial charge in [0.05, 0.1) is 10.6 Å². The molecule has 0 aliphatic heterocycles. The second-order valence-electron chi connectivity index (χ2n) is 4.36. The lowest BCUT2D eigenvalue weighted by Gasteiger charge is -2.32. The van der Waals surface area contributed by atoms with Crippen molar-refractivity contribution in [1.29, 1.82) is 0 Å². The van der Waals surface area contributed by atoms with Crippen LogP contribution in [-0.2, 0) is 24.0 Å². The van der Waals surface area contributed by atoms with Crippen LogP contribution in [0.3, 0.4) is 0 Å². The molecule has 0 radical (unpaired) electrons. The third kappa shape index (κ3) is 5.39. The lowest BCUT2D eigenvalue weighted by atomic mass is 10.4. The molecule has 0 bridgehead atoms.